The summed E-state index contributed by atoms with van der Waals surface area (Å²) in [5.74, 6) is 0.986. The molecular weight excluding hydrogens is 557 g/mol. The van der Waals surface area contributed by atoms with E-state index in [4.69, 9.17) is 23.2 Å². The van der Waals surface area contributed by atoms with E-state index in [9.17, 15) is 9.59 Å². The number of pyridine rings is 1. The predicted octanol–water partition coefficient (Wildman–Crippen LogP) is 6.35. The lowest BCUT2D eigenvalue weighted by molar-refractivity contribution is -0.130. The second-order valence-electron chi connectivity index (χ2n) is 11.7. The van der Waals surface area contributed by atoms with Crippen LogP contribution in [0.4, 0.5) is 17.2 Å². The fourth-order valence-electron chi connectivity index (χ4n) is 6.25. The monoisotopic (exact) mass is 589 g/mol. The van der Waals surface area contributed by atoms with Crippen molar-refractivity contribution in [2.24, 2.45) is 5.41 Å². The summed E-state index contributed by atoms with van der Waals surface area (Å²) in [5.41, 5.74) is 3.83. The smallest absolute Gasteiger partial charge is 0.242 e. The van der Waals surface area contributed by atoms with Crippen LogP contribution in [0.5, 0.6) is 0 Å². The third-order valence-electron chi connectivity index (χ3n) is 8.17. The molecule has 1 aromatic heterocycles. The molecule has 1 fully saturated rings. The molecule has 1 aliphatic carbocycles. The van der Waals surface area contributed by atoms with Crippen molar-refractivity contribution in [3.05, 3.63) is 93.7 Å². The highest BCUT2D eigenvalue weighted by atomic mass is 35.5. The number of amides is 1. The van der Waals surface area contributed by atoms with E-state index in [0.717, 1.165) is 28.5 Å². The normalized spacial score (nSPS) is 20.2. The number of carbonyl (C=O) groups excluding carboxylic acids is 2. The number of hydrogen-bond acceptors (Lipinski definition) is 6. The van der Waals surface area contributed by atoms with Gasteiger partial charge in [-0.1, -0.05) is 61.3 Å². The number of rotatable bonds is 4. The molecule has 2 aliphatic heterocycles. The molecule has 0 radical (unpaired) electrons. The van der Waals surface area contributed by atoms with Crippen molar-refractivity contribution in [2.75, 3.05) is 47.8 Å². The number of nitrogens with one attached hydrogen (secondary N) is 1. The molecule has 6 rings (SSSR count). The van der Waals surface area contributed by atoms with Gasteiger partial charge in [0.1, 0.15) is 5.82 Å². The van der Waals surface area contributed by atoms with E-state index in [1.807, 2.05) is 58.3 Å². The fraction of sp³-hybridized carbons (Fsp3) is 0.344. The van der Waals surface area contributed by atoms with E-state index in [1.54, 1.807) is 18.3 Å². The third kappa shape index (κ3) is 5.53. The van der Waals surface area contributed by atoms with Crippen LogP contribution in [0, 0.1) is 5.41 Å². The van der Waals surface area contributed by atoms with Crippen LogP contribution in [0.2, 0.25) is 10.0 Å². The van der Waals surface area contributed by atoms with Gasteiger partial charge in [-0.2, -0.15) is 0 Å². The molecule has 7 nitrogen and oxygen atoms in total. The Morgan fingerprint density at radius 1 is 1.00 bits per heavy atom. The second-order valence-corrected chi connectivity index (χ2v) is 12.6. The summed E-state index contributed by atoms with van der Waals surface area (Å²) in [4.78, 5) is 38.5. The van der Waals surface area contributed by atoms with Crippen LogP contribution >= 0.6 is 23.2 Å². The van der Waals surface area contributed by atoms with Crippen LogP contribution in [-0.2, 0) is 9.59 Å². The molecule has 41 heavy (non-hydrogen) atoms. The molecule has 2 aromatic carbocycles. The first kappa shape index (κ1) is 27.6. The number of fused-ring (bicyclic) bond motifs is 1. The number of Topliss-reactive ketones (excluding diaryl/α,β-unsaturated/α-hetero) is 1. The van der Waals surface area contributed by atoms with Gasteiger partial charge in [0.15, 0.2) is 5.78 Å². The maximum atomic E-state index is 14.0. The van der Waals surface area contributed by atoms with Gasteiger partial charge in [0, 0.05) is 60.1 Å². The van der Waals surface area contributed by atoms with E-state index < -0.39 is 6.04 Å². The van der Waals surface area contributed by atoms with E-state index in [2.05, 4.69) is 29.0 Å². The molecule has 3 aliphatic rings. The summed E-state index contributed by atoms with van der Waals surface area (Å²) in [7, 11) is 0. The van der Waals surface area contributed by atoms with E-state index in [0.29, 0.717) is 54.6 Å². The minimum Gasteiger partial charge on any atom is -0.357 e. The maximum Gasteiger partial charge on any atom is 0.242 e. The van der Waals surface area contributed by atoms with Crippen LogP contribution in [-0.4, -0.2) is 54.3 Å². The van der Waals surface area contributed by atoms with Gasteiger partial charge in [-0.3, -0.25) is 9.59 Å². The molecule has 1 atom stereocenters. The number of ketones is 1. The first-order valence-electron chi connectivity index (χ1n) is 14.0. The lowest BCUT2D eigenvalue weighted by Gasteiger charge is -2.40. The summed E-state index contributed by atoms with van der Waals surface area (Å²) in [6.45, 7) is 6.92. The van der Waals surface area contributed by atoms with Crippen LogP contribution < -0.4 is 15.1 Å². The first-order chi connectivity index (χ1) is 19.7. The van der Waals surface area contributed by atoms with E-state index in [1.165, 1.54) is 0 Å². The summed E-state index contributed by atoms with van der Waals surface area (Å²) in [5, 5.41) is 4.58. The SMILES string of the molecule is CC1(C)CC(=O)C2=C(C1)Nc1ccccc1N(CC(=O)N1CCN(c3ccccn3)CC1)C2c1ccc(Cl)cc1Cl. The standard InChI is InChI=1S/C32H33Cl2N5O2/c1-32(2)18-25-30(27(40)19-32)31(22-11-10-21(33)17-23(22)34)39(26-8-4-3-7-24(26)36-25)20-29(41)38-15-13-37(14-16-38)28-9-5-6-12-35-28/h3-12,17,31,36H,13-16,18-20H2,1-2H3. The Bertz CT molecular complexity index is 1520. The highest BCUT2D eigenvalue weighted by Gasteiger charge is 2.43. The Labute approximate surface area is 250 Å². The van der Waals surface area contributed by atoms with Gasteiger partial charge in [-0.25, -0.2) is 4.98 Å². The Hall–Kier alpha value is -3.55. The van der Waals surface area contributed by atoms with Gasteiger partial charge in [-0.15, -0.1) is 0 Å². The van der Waals surface area contributed by atoms with Crippen LogP contribution in [0.3, 0.4) is 0 Å². The molecule has 1 unspecified atom stereocenters. The molecule has 212 valence electrons. The quantitative estimate of drug-likeness (QED) is 0.382. The van der Waals surface area contributed by atoms with Crippen LogP contribution in [0.1, 0.15) is 38.3 Å². The average molecular weight is 591 g/mol. The van der Waals surface area contributed by atoms with Gasteiger partial charge in [-0.05, 0) is 53.8 Å². The number of hydrogen-bond donors (Lipinski definition) is 1. The van der Waals surface area contributed by atoms with Gasteiger partial charge >= 0.3 is 0 Å². The Kier molecular flexibility index (Phi) is 7.43. The van der Waals surface area contributed by atoms with Crippen LogP contribution in [0.15, 0.2) is 78.1 Å². The van der Waals surface area contributed by atoms with Gasteiger partial charge in [0.2, 0.25) is 5.91 Å². The topological polar surface area (TPSA) is 68.8 Å². The zero-order valence-corrected chi connectivity index (χ0v) is 24.8. The highest BCUT2D eigenvalue weighted by molar-refractivity contribution is 6.35. The summed E-state index contributed by atoms with van der Waals surface area (Å²) < 4.78 is 0. The van der Waals surface area contributed by atoms with Crippen molar-refractivity contribution in [3.63, 3.8) is 0 Å². The van der Waals surface area contributed by atoms with E-state index in [-0.39, 0.29) is 23.7 Å². The Morgan fingerprint density at radius 2 is 1.76 bits per heavy atom. The zero-order valence-electron chi connectivity index (χ0n) is 23.2. The van der Waals surface area contributed by atoms with Crippen molar-refractivity contribution in [1.29, 1.82) is 0 Å². The van der Waals surface area contributed by atoms with Crippen LogP contribution in [0.25, 0.3) is 0 Å². The van der Waals surface area contributed by atoms with E-state index >= 15 is 0 Å². The molecule has 0 saturated carbocycles. The number of para-hydroxylation sites is 2. The minimum absolute atomic E-state index is 0.00296. The molecule has 1 amide bonds. The number of allylic oxidation sites excluding steroid dienone is 1. The molecule has 1 N–H and O–H groups in total. The summed E-state index contributed by atoms with van der Waals surface area (Å²) >= 11 is 13.1. The average Bonchev–Trinajstić information content (AvgIpc) is 3.07. The number of anilines is 3. The predicted molar refractivity (Wildman–Crippen MR) is 165 cm³/mol. The Morgan fingerprint density at radius 3 is 2.49 bits per heavy atom. The van der Waals surface area contributed by atoms with Gasteiger partial charge in [0.05, 0.1) is 24.0 Å². The largest absolute Gasteiger partial charge is 0.357 e. The molecule has 0 bridgehead atoms. The van der Waals surface area contributed by atoms with Crippen molar-refractivity contribution >= 4 is 52.1 Å². The minimum atomic E-state index is -0.548. The zero-order chi connectivity index (χ0) is 28.7. The molecule has 3 aromatic rings. The van der Waals surface area contributed by atoms with Crippen molar-refractivity contribution < 1.29 is 9.59 Å². The van der Waals surface area contributed by atoms with Gasteiger partial charge < -0.3 is 20.0 Å². The first-order valence-corrected chi connectivity index (χ1v) is 14.7. The highest BCUT2D eigenvalue weighted by Crippen LogP contribution is 2.49. The molecular formula is C32H33Cl2N5O2. The van der Waals surface area contributed by atoms with Crippen molar-refractivity contribution in [1.82, 2.24) is 9.88 Å². The number of aromatic nitrogens is 1. The number of piperazine rings is 1. The number of nitrogens with zero attached hydrogens (tertiary/aromatic N) is 4. The number of halogens is 2. The van der Waals surface area contributed by atoms with Crippen molar-refractivity contribution in [2.45, 2.75) is 32.7 Å². The molecule has 1 saturated heterocycles. The number of carbonyl (C=O) groups is 2. The number of benzene rings is 2. The fourth-order valence-corrected chi connectivity index (χ4v) is 6.76. The lowest BCUT2D eigenvalue weighted by Crippen LogP contribution is -2.52. The third-order valence-corrected chi connectivity index (χ3v) is 8.73. The lowest BCUT2D eigenvalue weighted by atomic mass is 9.73. The second kappa shape index (κ2) is 11.0. The molecule has 3 heterocycles. The van der Waals surface area contributed by atoms with Crippen molar-refractivity contribution in [3.8, 4) is 0 Å². The molecule has 0 spiro atoms. The summed E-state index contributed by atoms with van der Waals surface area (Å²) in [6, 6.07) is 18.6. The van der Waals surface area contributed by atoms with Gasteiger partial charge in [0.25, 0.3) is 0 Å². The Balaban J connectivity index is 1.38. The maximum absolute atomic E-state index is 14.0. The summed E-state index contributed by atoms with van der Waals surface area (Å²) in [6.07, 6.45) is 2.92. The molecule has 9 heteroatoms.